The van der Waals surface area contributed by atoms with E-state index in [1.807, 2.05) is 6.07 Å². The number of nitrogens with two attached hydrogens (primary N) is 1. The summed E-state index contributed by atoms with van der Waals surface area (Å²) in [7, 11) is 1.69. The van der Waals surface area contributed by atoms with Gasteiger partial charge in [0.25, 0.3) is 11.8 Å². The van der Waals surface area contributed by atoms with Gasteiger partial charge in [-0.05, 0) is 24.3 Å². The average Bonchev–Trinajstić information content (AvgIpc) is 2.57. The number of nitrogens with one attached hydrogen (secondary N) is 3. The van der Waals surface area contributed by atoms with Crippen molar-refractivity contribution in [3.05, 3.63) is 65.2 Å². The number of halogens is 1. The number of imide groups is 1. The summed E-state index contributed by atoms with van der Waals surface area (Å²) in [6, 6.07) is 13.9. The number of carbonyl (C=O) groups is 3. The molecular formula is C18H20ClN4O3+. The third-order valence-corrected chi connectivity index (χ3v) is 3.95. The van der Waals surface area contributed by atoms with E-state index < -0.39 is 18.0 Å². The van der Waals surface area contributed by atoms with Crippen molar-refractivity contribution in [3.63, 3.8) is 0 Å². The van der Waals surface area contributed by atoms with Crippen molar-refractivity contribution >= 4 is 35.1 Å². The minimum atomic E-state index is -0.936. The van der Waals surface area contributed by atoms with Crippen molar-refractivity contribution < 1.29 is 19.3 Å². The lowest BCUT2D eigenvalue weighted by molar-refractivity contribution is -0.894. The van der Waals surface area contributed by atoms with Gasteiger partial charge in [0, 0.05) is 16.3 Å². The maximum atomic E-state index is 12.4. The Hall–Kier alpha value is -2.90. The quantitative estimate of drug-likeness (QED) is 0.598. The van der Waals surface area contributed by atoms with Crippen LogP contribution in [0.1, 0.15) is 11.6 Å². The first-order chi connectivity index (χ1) is 12.4. The second-order valence-corrected chi connectivity index (χ2v) is 6.21. The number of urea groups is 1. The maximum absolute atomic E-state index is 12.4. The van der Waals surface area contributed by atoms with Gasteiger partial charge >= 0.3 is 6.03 Å². The zero-order chi connectivity index (χ0) is 19.1. The van der Waals surface area contributed by atoms with Crippen LogP contribution >= 0.6 is 11.6 Å². The van der Waals surface area contributed by atoms with E-state index in [1.165, 1.54) is 0 Å². The molecule has 0 radical (unpaired) electrons. The van der Waals surface area contributed by atoms with Crippen LogP contribution in [0.25, 0.3) is 0 Å². The highest BCUT2D eigenvalue weighted by molar-refractivity contribution is 6.30. The van der Waals surface area contributed by atoms with E-state index in [2.05, 4.69) is 10.6 Å². The first-order valence-electron chi connectivity index (χ1n) is 7.90. The highest BCUT2D eigenvalue weighted by atomic mass is 35.5. The third kappa shape index (κ3) is 5.58. The van der Waals surface area contributed by atoms with E-state index in [-0.39, 0.29) is 12.5 Å². The number of rotatable bonds is 6. The van der Waals surface area contributed by atoms with Crippen LogP contribution in [0.4, 0.5) is 10.5 Å². The number of benzene rings is 2. The van der Waals surface area contributed by atoms with Gasteiger partial charge in [0.05, 0.1) is 7.05 Å². The first kappa shape index (κ1) is 19.4. The predicted molar refractivity (Wildman–Crippen MR) is 98.7 cm³/mol. The van der Waals surface area contributed by atoms with Gasteiger partial charge in [-0.2, -0.15) is 0 Å². The lowest BCUT2D eigenvalue weighted by Crippen LogP contribution is -3.11. The Morgan fingerprint density at radius 2 is 1.69 bits per heavy atom. The summed E-state index contributed by atoms with van der Waals surface area (Å²) in [5.74, 6) is -0.849. The minimum Gasteiger partial charge on any atom is -0.351 e. The molecule has 0 heterocycles. The second-order valence-electron chi connectivity index (χ2n) is 5.78. The van der Waals surface area contributed by atoms with Crippen LogP contribution in [0, 0.1) is 0 Å². The number of hydrogen-bond donors (Lipinski definition) is 4. The molecule has 0 aliphatic carbocycles. The van der Waals surface area contributed by atoms with Gasteiger partial charge in [-0.15, -0.1) is 0 Å². The normalized spacial score (nSPS) is 12.7. The van der Waals surface area contributed by atoms with Crippen LogP contribution in [0.5, 0.6) is 0 Å². The van der Waals surface area contributed by atoms with Crippen molar-refractivity contribution in [2.45, 2.75) is 6.04 Å². The predicted octanol–water partition coefficient (Wildman–Crippen LogP) is 0.729. The summed E-state index contributed by atoms with van der Waals surface area (Å²) in [5, 5.41) is 5.40. The molecule has 0 saturated carbocycles. The van der Waals surface area contributed by atoms with Gasteiger partial charge in [0.2, 0.25) is 0 Å². The Morgan fingerprint density at radius 3 is 2.27 bits per heavy atom. The monoisotopic (exact) mass is 375 g/mol. The van der Waals surface area contributed by atoms with Crippen LogP contribution in [-0.4, -0.2) is 31.4 Å². The molecule has 26 heavy (non-hydrogen) atoms. The molecule has 7 nitrogen and oxygen atoms in total. The third-order valence-electron chi connectivity index (χ3n) is 3.70. The molecule has 0 spiro atoms. The molecular weight excluding hydrogens is 356 g/mol. The number of quaternary nitrogens is 1. The van der Waals surface area contributed by atoms with Gasteiger partial charge in [0.1, 0.15) is 0 Å². The van der Waals surface area contributed by atoms with Crippen molar-refractivity contribution in [2.24, 2.45) is 5.73 Å². The van der Waals surface area contributed by atoms with Gasteiger partial charge in [-0.3, -0.25) is 14.9 Å². The molecule has 136 valence electrons. The van der Waals surface area contributed by atoms with Crippen LogP contribution < -0.4 is 21.3 Å². The van der Waals surface area contributed by atoms with E-state index in [9.17, 15) is 14.4 Å². The van der Waals surface area contributed by atoms with E-state index >= 15 is 0 Å². The van der Waals surface area contributed by atoms with Crippen molar-refractivity contribution in [3.8, 4) is 0 Å². The number of primary amides is 1. The Balaban J connectivity index is 2.11. The minimum absolute atomic E-state index is 0.00830. The van der Waals surface area contributed by atoms with Crippen LogP contribution in [-0.2, 0) is 9.59 Å². The summed E-state index contributed by atoms with van der Waals surface area (Å²) in [4.78, 5) is 36.3. The number of likely N-dealkylation sites (N-methyl/N-ethyl adjacent to an activating group) is 1. The number of amides is 4. The average molecular weight is 376 g/mol. The fraction of sp³-hybridized carbons (Fsp3) is 0.167. The molecule has 0 saturated heterocycles. The fourth-order valence-corrected chi connectivity index (χ4v) is 2.72. The van der Waals surface area contributed by atoms with Crippen LogP contribution in [0.15, 0.2) is 54.6 Å². The largest absolute Gasteiger partial charge is 0.351 e. The molecule has 5 N–H and O–H groups in total. The molecule has 0 aromatic heterocycles. The van der Waals surface area contributed by atoms with E-state index in [0.29, 0.717) is 21.2 Å². The van der Waals surface area contributed by atoms with Crippen molar-refractivity contribution in [1.82, 2.24) is 5.32 Å². The number of hydrogen-bond acceptors (Lipinski definition) is 3. The van der Waals surface area contributed by atoms with E-state index in [0.717, 1.165) is 0 Å². The zero-order valence-electron chi connectivity index (χ0n) is 14.2. The molecule has 0 fully saturated rings. The molecule has 8 heteroatoms. The molecule has 2 aromatic rings. The molecule has 0 aliphatic rings. The SMILES string of the molecule is C[NH+](CC(=O)Nc1ccc(Cl)cc1)[C@@H](C(=O)NC(N)=O)c1ccccc1. The molecule has 0 bridgehead atoms. The highest BCUT2D eigenvalue weighted by Gasteiger charge is 2.31. The lowest BCUT2D eigenvalue weighted by atomic mass is 10.0. The fourth-order valence-electron chi connectivity index (χ4n) is 2.59. The van der Waals surface area contributed by atoms with Gasteiger partial charge in [-0.1, -0.05) is 41.9 Å². The Bertz CT molecular complexity index is 781. The van der Waals surface area contributed by atoms with Crippen LogP contribution in [0.3, 0.4) is 0 Å². The summed E-state index contributed by atoms with van der Waals surface area (Å²) >= 11 is 5.82. The lowest BCUT2D eigenvalue weighted by Gasteiger charge is -2.23. The Kier molecular flexibility index (Phi) is 6.71. The summed E-state index contributed by atoms with van der Waals surface area (Å²) in [6.45, 7) is 0.00830. The first-order valence-corrected chi connectivity index (χ1v) is 8.27. The summed E-state index contributed by atoms with van der Waals surface area (Å²) in [5.41, 5.74) is 6.33. The standard InChI is InChI=1S/C18H19ClN4O3/c1-23(11-15(24)21-14-9-7-13(19)8-10-14)16(17(25)22-18(20)26)12-5-3-2-4-6-12/h2-10,16H,11H2,1H3,(H,21,24)(H3,20,22,25,26)/p+1/t16-/m1/s1. The maximum Gasteiger partial charge on any atom is 0.319 e. The van der Waals surface area contributed by atoms with Crippen molar-refractivity contribution in [1.29, 1.82) is 0 Å². The van der Waals surface area contributed by atoms with Gasteiger partial charge in [-0.25, -0.2) is 4.79 Å². The van der Waals surface area contributed by atoms with Gasteiger partial charge in [0.15, 0.2) is 12.6 Å². The van der Waals surface area contributed by atoms with Crippen molar-refractivity contribution in [2.75, 3.05) is 18.9 Å². The molecule has 1 unspecified atom stereocenters. The molecule has 0 aliphatic heterocycles. The van der Waals surface area contributed by atoms with Gasteiger partial charge < -0.3 is 16.0 Å². The second kappa shape index (κ2) is 8.98. The summed E-state index contributed by atoms with van der Waals surface area (Å²) in [6.07, 6.45) is 0. The molecule has 4 amide bonds. The van der Waals surface area contributed by atoms with E-state index in [1.54, 1.807) is 55.6 Å². The molecule has 2 rings (SSSR count). The number of carbonyl (C=O) groups excluding carboxylic acids is 3. The topological polar surface area (TPSA) is 106 Å². The highest BCUT2D eigenvalue weighted by Crippen LogP contribution is 2.13. The van der Waals surface area contributed by atoms with Crippen LogP contribution in [0.2, 0.25) is 5.02 Å². The summed E-state index contributed by atoms with van der Waals surface area (Å²) < 4.78 is 0. The molecule has 2 aromatic carbocycles. The smallest absolute Gasteiger partial charge is 0.319 e. The van der Waals surface area contributed by atoms with E-state index in [4.69, 9.17) is 17.3 Å². The zero-order valence-corrected chi connectivity index (χ0v) is 14.9. The Labute approximate surface area is 156 Å². The molecule has 2 atom stereocenters. The Morgan fingerprint density at radius 1 is 1.08 bits per heavy atom. The number of anilines is 1.